The minimum absolute atomic E-state index is 0.0375. The second kappa shape index (κ2) is 13.2. The largest absolute Gasteiger partial charge is 0.469 e. The molecule has 0 radical (unpaired) electrons. The van der Waals surface area contributed by atoms with Crippen molar-refractivity contribution in [1.29, 1.82) is 0 Å². The van der Waals surface area contributed by atoms with Crippen molar-refractivity contribution in [3.63, 3.8) is 0 Å². The van der Waals surface area contributed by atoms with Crippen LogP contribution in [0.4, 0.5) is 11.4 Å². The van der Waals surface area contributed by atoms with E-state index >= 15 is 0 Å². The molecule has 1 aromatic carbocycles. The Hall–Kier alpha value is -3.66. The third-order valence-electron chi connectivity index (χ3n) is 9.29. The number of unbranched alkanes of at least 4 members (excludes halogenated alkanes) is 1. The van der Waals surface area contributed by atoms with Crippen LogP contribution < -0.4 is 9.80 Å². The Morgan fingerprint density at radius 3 is 2.61 bits per heavy atom. The minimum atomic E-state index is -2.93. The summed E-state index contributed by atoms with van der Waals surface area (Å²) in [4.78, 5) is 65.4. The molecule has 0 aliphatic carbocycles. The number of fused-ring (bicyclic) bond motifs is 2. The number of amides is 2. The van der Waals surface area contributed by atoms with Gasteiger partial charge in [-0.15, -0.1) is 5.10 Å². The third-order valence-corrected chi connectivity index (χ3v) is 11.8. The van der Waals surface area contributed by atoms with Crippen LogP contribution >= 0.6 is 0 Å². The summed E-state index contributed by atoms with van der Waals surface area (Å²) in [6, 6.07) is 5.29. The van der Waals surface area contributed by atoms with E-state index in [9.17, 15) is 29.1 Å². The molecular weight excluding hydrogens is 614 g/mol. The predicted molar refractivity (Wildman–Crippen MR) is 167 cm³/mol. The number of methoxy groups -OCH3 is 1. The summed E-state index contributed by atoms with van der Waals surface area (Å²) in [5, 5.41) is 17.5. The number of nitrogens with zero attached hydrogens (tertiary/aromatic N) is 5. The Labute approximate surface area is 268 Å². The predicted octanol–water partition coefficient (Wildman–Crippen LogP) is 2.02. The van der Waals surface area contributed by atoms with Crippen molar-refractivity contribution >= 4 is 43.4 Å². The molecule has 2 amide bonds. The van der Waals surface area contributed by atoms with Gasteiger partial charge in [0.15, 0.2) is 20.1 Å². The molecule has 1 aromatic heterocycles. The number of ether oxygens (including phenoxy) is 3. The van der Waals surface area contributed by atoms with Crippen LogP contribution in [0.15, 0.2) is 24.4 Å². The number of β-lactam (4-membered cyclic amide) rings is 1. The van der Waals surface area contributed by atoms with E-state index in [1.165, 1.54) is 18.9 Å². The van der Waals surface area contributed by atoms with Crippen LogP contribution in [0.2, 0.25) is 18.6 Å². The van der Waals surface area contributed by atoms with Crippen LogP contribution in [0, 0.1) is 5.92 Å². The second-order valence-electron chi connectivity index (χ2n) is 12.8. The van der Waals surface area contributed by atoms with Crippen molar-refractivity contribution in [2.75, 3.05) is 30.1 Å². The van der Waals surface area contributed by atoms with E-state index in [0.717, 1.165) is 0 Å². The zero-order valence-electron chi connectivity index (χ0n) is 27.0. The number of hydrogen-bond acceptors (Lipinski definition) is 11. The summed E-state index contributed by atoms with van der Waals surface area (Å²) in [7, 11) is -1.59. The summed E-state index contributed by atoms with van der Waals surface area (Å²) in [6.07, 6.45) is 2.74. The molecule has 4 heterocycles. The van der Waals surface area contributed by atoms with Gasteiger partial charge in [0, 0.05) is 68.4 Å². The Bertz CT molecular complexity index is 1490. The van der Waals surface area contributed by atoms with Crippen LogP contribution in [0.5, 0.6) is 0 Å². The van der Waals surface area contributed by atoms with E-state index in [-0.39, 0.29) is 42.8 Å². The van der Waals surface area contributed by atoms with Gasteiger partial charge in [-0.1, -0.05) is 12.1 Å². The number of carbonyl (C=O) groups excluding carboxylic acids is 4. The summed E-state index contributed by atoms with van der Waals surface area (Å²) < 4.78 is 18.7. The van der Waals surface area contributed by atoms with Gasteiger partial charge < -0.3 is 29.0 Å². The van der Waals surface area contributed by atoms with Crippen molar-refractivity contribution in [2.45, 2.75) is 95.5 Å². The third kappa shape index (κ3) is 6.20. The number of rotatable bonds is 13. The molecular formula is C31H43N5O9Si. The van der Waals surface area contributed by atoms with Gasteiger partial charge in [-0.2, -0.15) is 0 Å². The fraction of sp³-hybridized carbons (Fsp3) is 0.613. The fourth-order valence-electron chi connectivity index (χ4n) is 7.27. The number of carbonyl (C=O) groups is 4. The SMILES string of the molecule is COC(=O)CCCCN1C(=O)[C@]2(O[C@H](CCn3cc(CCO)nn3)[C@@H]([Si](C)(C)O)[C@@H]2C)c2cc(N3C(=O)CC3OC(C)=O)ccc21. The highest BCUT2D eigenvalue weighted by molar-refractivity contribution is 6.71. The Morgan fingerprint density at radius 1 is 1.20 bits per heavy atom. The summed E-state index contributed by atoms with van der Waals surface area (Å²) in [5.41, 5.74) is 0.607. The maximum Gasteiger partial charge on any atom is 0.305 e. The fourth-order valence-corrected chi connectivity index (χ4v) is 9.87. The molecule has 15 heteroatoms. The first-order chi connectivity index (χ1) is 21.8. The van der Waals surface area contributed by atoms with E-state index in [0.29, 0.717) is 61.4 Å². The van der Waals surface area contributed by atoms with E-state index in [1.54, 1.807) is 34.0 Å². The van der Waals surface area contributed by atoms with Crippen LogP contribution in [-0.2, 0) is 52.0 Å². The molecule has 2 fully saturated rings. The number of aliphatic hydroxyl groups is 1. The van der Waals surface area contributed by atoms with Gasteiger partial charge in [0.25, 0.3) is 5.91 Å². The van der Waals surface area contributed by atoms with Crippen molar-refractivity contribution in [1.82, 2.24) is 15.0 Å². The molecule has 0 saturated carbocycles. The molecule has 2 N–H and O–H groups in total. The number of anilines is 2. The average molecular weight is 658 g/mol. The number of aromatic nitrogens is 3. The molecule has 3 aliphatic rings. The molecule has 5 atom stereocenters. The Kier molecular flexibility index (Phi) is 9.68. The average Bonchev–Trinajstić information content (AvgIpc) is 3.63. The van der Waals surface area contributed by atoms with E-state index in [2.05, 4.69) is 10.3 Å². The van der Waals surface area contributed by atoms with E-state index < -0.39 is 38.1 Å². The lowest BCUT2D eigenvalue weighted by atomic mass is 9.82. The zero-order chi connectivity index (χ0) is 33.4. The number of benzene rings is 1. The van der Waals surface area contributed by atoms with Gasteiger partial charge in [0.05, 0.1) is 31.0 Å². The van der Waals surface area contributed by atoms with Crippen molar-refractivity contribution in [2.24, 2.45) is 5.92 Å². The zero-order valence-corrected chi connectivity index (χ0v) is 28.0. The van der Waals surface area contributed by atoms with Crippen LogP contribution in [0.25, 0.3) is 0 Å². The molecule has 14 nitrogen and oxygen atoms in total. The molecule has 5 rings (SSSR count). The second-order valence-corrected chi connectivity index (χ2v) is 16.8. The topological polar surface area (TPSA) is 174 Å². The minimum Gasteiger partial charge on any atom is -0.469 e. The normalized spacial score (nSPS) is 25.6. The number of aryl methyl sites for hydroxylation is 1. The first-order valence-corrected chi connectivity index (χ1v) is 18.8. The molecule has 2 aromatic rings. The molecule has 250 valence electrons. The summed E-state index contributed by atoms with van der Waals surface area (Å²) in [6.45, 7) is 7.65. The molecule has 1 spiro atoms. The smallest absolute Gasteiger partial charge is 0.305 e. The van der Waals surface area contributed by atoms with Crippen LogP contribution in [0.3, 0.4) is 0 Å². The van der Waals surface area contributed by atoms with Gasteiger partial charge in [-0.25, -0.2) is 0 Å². The lowest BCUT2D eigenvalue weighted by Gasteiger charge is -2.39. The highest BCUT2D eigenvalue weighted by atomic mass is 28.4. The highest BCUT2D eigenvalue weighted by Gasteiger charge is 2.66. The maximum atomic E-state index is 14.6. The monoisotopic (exact) mass is 657 g/mol. The van der Waals surface area contributed by atoms with E-state index in [1.807, 2.05) is 20.0 Å². The molecule has 3 aliphatic heterocycles. The van der Waals surface area contributed by atoms with Crippen LogP contribution in [0.1, 0.15) is 57.2 Å². The summed E-state index contributed by atoms with van der Waals surface area (Å²) >= 11 is 0. The van der Waals surface area contributed by atoms with Gasteiger partial charge in [0.1, 0.15) is 0 Å². The van der Waals surface area contributed by atoms with Crippen molar-refractivity contribution in [3.8, 4) is 0 Å². The quantitative estimate of drug-likeness (QED) is 0.140. The summed E-state index contributed by atoms with van der Waals surface area (Å²) in [5.74, 6) is -1.72. The Balaban J connectivity index is 1.51. The molecule has 1 unspecified atom stereocenters. The molecule has 46 heavy (non-hydrogen) atoms. The highest BCUT2D eigenvalue weighted by Crippen LogP contribution is 2.60. The van der Waals surface area contributed by atoms with E-state index in [4.69, 9.17) is 14.2 Å². The number of esters is 2. The first-order valence-electron chi connectivity index (χ1n) is 15.7. The maximum absolute atomic E-state index is 14.6. The molecule has 0 bridgehead atoms. The van der Waals surface area contributed by atoms with Gasteiger partial charge in [0.2, 0.25) is 5.91 Å². The first kappa shape index (κ1) is 33.7. The number of aliphatic hydroxyl groups excluding tert-OH is 1. The molecule has 2 saturated heterocycles. The lowest BCUT2D eigenvalue weighted by Crippen LogP contribution is -2.55. The van der Waals surface area contributed by atoms with Crippen LogP contribution in [-0.4, -0.2) is 89.6 Å². The van der Waals surface area contributed by atoms with Crippen molar-refractivity contribution in [3.05, 3.63) is 35.7 Å². The lowest BCUT2D eigenvalue weighted by molar-refractivity contribution is -0.154. The van der Waals surface area contributed by atoms with Gasteiger partial charge in [-0.05, 0) is 50.6 Å². The van der Waals surface area contributed by atoms with Gasteiger partial charge >= 0.3 is 11.9 Å². The van der Waals surface area contributed by atoms with Crippen molar-refractivity contribution < 1.29 is 43.3 Å². The Morgan fingerprint density at radius 2 is 1.96 bits per heavy atom. The number of hydrogen-bond donors (Lipinski definition) is 2. The van der Waals surface area contributed by atoms with Gasteiger partial charge in [-0.3, -0.25) is 28.8 Å². The standard InChI is InChI=1S/C31H43N5O9Si/c1-19-29(46(4,5)42)25(11-14-34-18-21(12-15-37)32-33-34)45-31(19)23-16-22(36-26(39)17-27(36)44-20(2)38)9-10-24(23)35(30(31)41)13-7-6-8-28(40)43-3/h9-10,16,18-19,25,27,29,37,42H,6-8,11-15,17H2,1-5H3/t19-,25+,27?,29-,31+/m0/s1.